The van der Waals surface area contributed by atoms with Crippen molar-refractivity contribution in [1.82, 2.24) is 10.4 Å². The van der Waals surface area contributed by atoms with E-state index >= 15 is 0 Å². The number of amides is 2. The van der Waals surface area contributed by atoms with Gasteiger partial charge in [-0.1, -0.05) is 60.7 Å². The predicted molar refractivity (Wildman–Crippen MR) is 136 cm³/mol. The molecule has 0 saturated carbocycles. The third-order valence-corrected chi connectivity index (χ3v) is 6.30. The molecule has 3 aromatic carbocycles. The van der Waals surface area contributed by atoms with Gasteiger partial charge < -0.3 is 18.9 Å². The lowest BCUT2D eigenvalue weighted by Gasteiger charge is -2.28. The van der Waals surface area contributed by atoms with Crippen LogP contribution < -0.4 is 14.9 Å². The Morgan fingerprint density at radius 3 is 2.26 bits per heavy atom. The molecule has 2 aliphatic rings. The van der Waals surface area contributed by atoms with E-state index in [1.54, 1.807) is 24.3 Å². The number of nitrogens with zero attached hydrogens (tertiary/aromatic N) is 1. The summed E-state index contributed by atoms with van der Waals surface area (Å²) in [6.45, 7) is 0.0248. The fourth-order valence-electron chi connectivity index (χ4n) is 4.37. The summed E-state index contributed by atoms with van der Waals surface area (Å²) in [5.41, 5.74) is 4.85. The van der Waals surface area contributed by atoms with Crippen molar-refractivity contribution in [3.63, 3.8) is 0 Å². The van der Waals surface area contributed by atoms with Gasteiger partial charge in [-0.05, 0) is 35.4 Å². The van der Waals surface area contributed by atoms with Crippen molar-refractivity contribution in [1.29, 1.82) is 0 Å². The molecule has 1 aliphatic heterocycles. The second kappa shape index (κ2) is 11.1. The van der Waals surface area contributed by atoms with Gasteiger partial charge in [-0.25, -0.2) is 20.0 Å². The molecule has 38 heavy (non-hydrogen) atoms. The monoisotopic (exact) mass is 514 g/mol. The van der Waals surface area contributed by atoms with E-state index in [2.05, 4.69) is 5.43 Å². The summed E-state index contributed by atoms with van der Waals surface area (Å²) < 4.78 is 22.1. The normalized spacial score (nSPS) is 17.3. The minimum absolute atomic E-state index is 0.00427. The molecule has 1 N–H and O–H groups in total. The Hall–Kier alpha value is -4.79. The molecule has 3 aromatic rings. The van der Waals surface area contributed by atoms with Crippen molar-refractivity contribution >= 4 is 18.0 Å². The average Bonchev–Trinajstić information content (AvgIpc) is 3.38. The van der Waals surface area contributed by atoms with Gasteiger partial charge in [-0.2, -0.15) is 0 Å². The van der Waals surface area contributed by atoms with Crippen LogP contribution in [-0.2, 0) is 22.7 Å². The molecule has 2 amide bonds. The summed E-state index contributed by atoms with van der Waals surface area (Å²) in [7, 11) is 1.52. The third kappa shape index (κ3) is 5.46. The number of hydrogen-bond acceptors (Lipinski definition) is 7. The number of methoxy groups -OCH3 is 1. The third-order valence-electron chi connectivity index (χ3n) is 6.30. The standard InChI is InChI=1S/C29H26N2O7/c1-35-22-12-13-25-24(16-22)27(32)23-14-21(15-26(23)38-25)31(29(34)37-18-20-10-6-3-7-11-20)30-28(33)36-17-19-8-4-2-5-9-19/h2-14,16,21,26H,15,17-18H2,1H3,(H,30,33). The number of ether oxygens (including phenoxy) is 4. The van der Waals surface area contributed by atoms with Gasteiger partial charge in [0.25, 0.3) is 0 Å². The van der Waals surface area contributed by atoms with Crippen molar-refractivity contribution < 1.29 is 33.3 Å². The van der Waals surface area contributed by atoms with Crippen molar-refractivity contribution in [2.24, 2.45) is 0 Å². The van der Waals surface area contributed by atoms with Crippen molar-refractivity contribution in [3.8, 4) is 11.5 Å². The van der Waals surface area contributed by atoms with Gasteiger partial charge in [0, 0.05) is 12.0 Å². The maximum atomic E-state index is 13.2. The van der Waals surface area contributed by atoms with Crippen LogP contribution in [0.15, 0.2) is 90.5 Å². The van der Waals surface area contributed by atoms with Crippen LogP contribution in [0.25, 0.3) is 0 Å². The molecule has 1 aliphatic carbocycles. The zero-order valence-electron chi connectivity index (χ0n) is 20.7. The zero-order valence-corrected chi connectivity index (χ0v) is 20.7. The van der Waals surface area contributed by atoms with Crippen LogP contribution in [0.5, 0.6) is 11.5 Å². The van der Waals surface area contributed by atoms with Crippen LogP contribution in [0.4, 0.5) is 9.59 Å². The number of rotatable bonds is 6. The summed E-state index contributed by atoms with van der Waals surface area (Å²) in [5, 5.41) is 1.05. The second-order valence-electron chi connectivity index (χ2n) is 8.81. The van der Waals surface area contributed by atoms with Crippen LogP contribution in [0.3, 0.4) is 0 Å². The molecule has 9 nitrogen and oxygen atoms in total. The van der Waals surface area contributed by atoms with Gasteiger partial charge >= 0.3 is 12.2 Å². The zero-order chi connectivity index (χ0) is 26.5. The fourth-order valence-corrected chi connectivity index (χ4v) is 4.37. The van der Waals surface area contributed by atoms with Crippen LogP contribution in [0.2, 0.25) is 0 Å². The Kier molecular flexibility index (Phi) is 7.26. The Bertz CT molecular complexity index is 1360. The minimum Gasteiger partial charge on any atom is -0.497 e. The number of fused-ring (bicyclic) bond motifs is 2. The largest absolute Gasteiger partial charge is 0.497 e. The first-order valence-corrected chi connectivity index (χ1v) is 12.1. The quantitative estimate of drug-likeness (QED) is 0.471. The number of carbonyl (C=O) groups excluding carboxylic acids is 3. The molecule has 0 bridgehead atoms. The fraction of sp³-hybridized carbons (Fsp3) is 0.207. The predicted octanol–water partition coefficient (Wildman–Crippen LogP) is 4.82. The molecule has 0 radical (unpaired) electrons. The smallest absolute Gasteiger partial charge is 0.429 e. The van der Waals surface area contributed by atoms with Crippen molar-refractivity contribution in [3.05, 3.63) is 107 Å². The van der Waals surface area contributed by atoms with E-state index in [4.69, 9.17) is 18.9 Å². The van der Waals surface area contributed by atoms with E-state index < -0.39 is 24.3 Å². The highest BCUT2D eigenvalue weighted by Gasteiger charge is 2.42. The number of hydrogen-bond donors (Lipinski definition) is 1. The molecule has 0 aromatic heterocycles. The van der Waals surface area contributed by atoms with Gasteiger partial charge in [-0.3, -0.25) is 4.79 Å². The first-order chi connectivity index (χ1) is 18.5. The highest BCUT2D eigenvalue weighted by atomic mass is 16.6. The number of ketones is 1. The Morgan fingerprint density at radius 2 is 1.61 bits per heavy atom. The van der Waals surface area contributed by atoms with Gasteiger partial charge in [0.05, 0.1) is 18.7 Å². The summed E-state index contributed by atoms with van der Waals surface area (Å²) in [6, 6.07) is 22.7. The maximum Gasteiger partial charge on any atom is 0.429 e. The van der Waals surface area contributed by atoms with E-state index in [-0.39, 0.29) is 25.4 Å². The summed E-state index contributed by atoms with van der Waals surface area (Å²) in [6.07, 6.45) is -0.348. The molecule has 0 spiro atoms. The molecule has 1 heterocycles. The van der Waals surface area contributed by atoms with Crippen molar-refractivity contribution in [2.75, 3.05) is 7.11 Å². The second-order valence-corrected chi connectivity index (χ2v) is 8.81. The van der Waals surface area contributed by atoms with Crippen LogP contribution in [-0.4, -0.2) is 42.2 Å². The lowest BCUT2D eigenvalue weighted by molar-refractivity contribution is 0.0499. The first-order valence-electron chi connectivity index (χ1n) is 12.1. The lowest BCUT2D eigenvalue weighted by atomic mass is 9.97. The average molecular weight is 515 g/mol. The van der Waals surface area contributed by atoms with Crippen molar-refractivity contribution in [2.45, 2.75) is 31.8 Å². The summed E-state index contributed by atoms with van der Waals surface area (Å²) in [4.78, 5) is 39.1. The van der Waals surface area contributed by atoms with Gasteiger partial charge in [0.2, 0.25) is 0 Å². The molecule has 0 fully saturated rings. The molecule has 194 valence electrons. The first kappa shape index (κ1) is 24.9. The van der Waals surface area contributed by atoms with Gasteiger partial charge in [-0.15, -0.1) is 0 Å². The molecule has 5 rings (SSSR count). The van der Waals surface area contributed by atoms with E-state index in [1.165, 1.54) is 7.11 Å². The molecular weight excluding hydrogens is 488 g/mol. The number of hydrazine groups is 1. The van der Waals surface area contributed by atoms with E-state index in [0.29, 0.717) is 22.6 Å². The lowest BCUT2D eigenvalue weighted by Crippen LogP contribution is -2.51. The molecular formula is C29H26N2O7. The van der Waals surface area contributed by atoms with E-state index in [1.807, 2.05) is 60.7 Å². The van der Waals surface area contributed by atoms with E-state index in [0.717, 1.165) is 16.1 Å². The maximum absolute atomic E-state index is 13.2. The highest BCUT2D eigenvalue weighted by Crippen LogP contribution is 2.38. The molecule has 2 atom stereocenters. The molecule has 2 unspecified atom stereocenters. The SMILES string of the molecule is COc1ccc2c(c1)C(=O)C1=CC(N(NC(=O)OCc3ccccc3)C(=O)OCc3ccccc3)CC1O2. The summed E-state index contributed by atoms with van der Waals surface area (Å²) in [5.74, 6) is 0.747. The van der Waals surface area contributed by atoms with Gasteiger partial charge in [0.1, 0.15) is 30.8 Å². The highest BCUT2D eigenvalue weighted by molar-refractivity contribution is 6.12. The Labute approximate surface area is 219 Å². The topological polar surface area (TPSA) is 103 Å². The number of nitrogens with one attached hydrogen (secondary N) is 1. The Balaban J connectivity index is 1.33. The van der Waals surface area contributed by atoms with Crippen LogP contribution in [0, 0.1) is 0 Å². The number of benzene rings is 3. The van der Waals surface area contributed by atoms with E-state index in [9.17, 15) is 14.4 Å². The Morgan fingerprint density at radius 1 is 0.947 bits per heavy atom. The van der Waals surface area contributed by atoms with Gasteiger partial charge in [0.15, 0.2) is 5.78 Å². The number of carbonyl (C=O) groups is 3. The number of Topliss-reactive ketones (excluding diaryl/α,β-unsaturated/α-hetero) is 1. The van der Waals surface area contributed by atoms with Crippen LogP contribution in [0.1, 0.15) is 27.9 Å². The minimum atomic E-state index is -0.834. The summed E-state index contributed by atoms with van der Waals surface area (Å²) >= 11 is 0. The van der Waals surface area contributed by atoms with Crippen LogP contribution >= 0.6 is 0 Å². The molecule has 0 saturated heterocycles. The molecule has 9 heteroatoms.